The van der Waals surface area contributed by atoms with Gasteiger partial charge in [0.2, 0.25) is 5.89 Å². The summed E-state index contributed by atoms with van der Waals surface area (Å²) in [6, 6.07) is 5.67. The maximum Gasteiger partial charge on any atom is 0.322 e. The second kappa shape index (κ2) is 4.82. The number of hydrogen-bond donors (Lipinski definition) is 1. The van der Waals surface area contributed by atoms with Crippen molar-refractivity contribution < 1.29 is 9.21 Å². The number of nitrogens with zero attached hydrogens (tertiary/aromatic N) is 2. The van der Waals surface area contributed by atoms with Crippen LogP contribution in [0.5, 0.6) is 0 Å². The number of amides is 1. The second-order valence-corrected chi connectivity index (χ2v) is 4.60. The molecule has 0 aliphatic heterocycles. The number of carbonyl (C=O) groups is 1. The first-order chi connectivity index (χ1) is 8.08. The third-order valence-corrected chi connectivity index (χ3v) is 3.61. The Morgan fingerprint density at radius 2 is 2.12 bits per heavy atom. The molecule has 1 aromatic heterocycles. The molecule has 1 amide bonds. The van der Waals surface area contributed by atoms with Gasteiger partial charge in [0.25, 0.3) is 5.91 Å². The maximum absolute atomic E-state index is 12.0. The molecule has 17 heavy (non-hydrogen) atoms. The fraction of sp³-hybridized carbons (Fsp3) is 0.182. The molecule has 5 nitrogen and oxygen atoms in total. The smallest absolute Gasteiger partial charge is 0.322 e. The normalized spacial score (nSPS) is 10.3. The highest BCUT2D eigenvalue weighted by atomic mass is 127. The lowest BCUT2D eigenvalue weighted by Gasteiger charge is -2.05. The van der Waals surface area contributed by atoms with Gasteiger partial charge in [0.05, 0.1) is 5.56 Å². The Bertz CT molecular complexity index is 566. The van der Waals surface area contributed by atoms with Crippen LogP contribution in [0.4, 0.5) is 6.01 Å². The van der Waals surface area contributed by atoms with Crippen molar-refractivity contribution in [2.45, 2.75) is 13.8 Å². The van der Waals surface area contributed by atoms with E-state index in [0.29, 0.717) is 11.5 Å². The molecule has 2 rings (SSSR count). The fourth-order valence-corrected chi connectivity index (χ4v) is 1.94. The fourth-order valence-electron chi connectivity index (χ4n) is 1.33. The molecule has 0 bridgehead atoms. The van der Waals surface area contributed by atoms with Crippen LogP contribution in [0, 0.1) is 17.4 Å². The number of aromatic nitrogens is 2. The molecule has 0 fully saturated rings. The van der Waals surface area contributed by atoms with Crippen molar-refractivity contribution in [2.75, 3.05) is 5.32 Å². The van der Waals surface area contributed by atoms with Crippen LogP contribution in [0.3, 0.4) is 0 Å². The summed E-state index contributed by atoms with van der Waals surface area (Å²) >= 11 is 2.14. The molecular weight excluding hydrogens is 333 g/mol. The number of anilines is 1. The van der Waals surface area contributed by atoms with E-state index < -0.39 is 0 Å². The third kappa shape index (κ3) is 2.63. The first kappa shape index (κ1) is 12.0. The Morgan fingerprint density at radius 3 is 2.76 bits per heavy atom. The highest BCUT2D eigenvalue weighted by molar-refractivity contribution is 14.1. The molecule has 6 heteroatoms. The zero-order valence-electron chi connectivity index (χ0n) is 9.32. The summed E-state index contributed by atoms with van der Waals surface area (Å²) in [5.41, 5.74) is 1.65. The summed E-state index contributed by atoms with van der Waals surface area (Å²) < 4.78 is 6.00. The third-order valence-electron chi connectivity index (χ3n) is 2.18. The number of hydrogen-bond acceptors (Lipinski definition) is 4. The molecule has 0 saturated heterocycles. The van der Waals surface area contributed by atoms with Crippen molar-refractivity contribution in [2.24, 2.45) is 0 Å². The largest absolute Gasteiger partial charge is 0.408 e. The number of aryl methyl sites for hydroxylation is 2. The molecule has 2 aromatic rings. The number of halogens is 1. The van der Waals surface area contributed by atoms with Crippen LogP contribution >= 0.6 is 22.6 Å². The Hall–Kier alpha value is -1.44. The van der Waals surface area contributed by atoms with Crippen molar-refractivity contribution in [3.8, 4) is 0 Å². The van der Waals surface area contributed by atoms with Crippen molar-refractivity contribution in [3.05, 3.63) is 38.8 Å². The lowest BCUT2D eigenvalue weighted by atomic mass is 10.1. The van der Waals surface area contributed by atoms with E-state index in [1.807, 2.05) is 19.1 Å². The van der Waals surface area contributed by atoms with E-state index >= 15 is 0 Å². The van der Waals surface area contributed by atoms with E-state index in [-0.39, 0.29) is 11.9 Å². The summed E-state index contributed by atoms with van der Waals surface area (Å²) in [6.45, 7) is 3.62. The first-order valence-electron chi connectivity index (χ1n) is 4.94. The molecule has 1 aromatic carbocycles. The lowest BCUT2D eigenvalue weighted by Crippen LogP contribution is -2.14. The summed E-state index contributed by atoms with van der Waals surface area (Å²) in [5.74, 6) is 0.168. The second-order valence-electron chi connectivity index (χ2n) is 3.52. The topological polar surface area (TPSA) is 68.0 Å². The lowest BCUT2D eigenvalue weighted by molar-refractivity contribution is 0.102. The van der Waals surface area contributed by atoms with Crippen molar-refractivity contribution in [1.82, 2.24) is 10.2 Å². The zero-order chi connectivity index (χ0) is 12.4. The first-order valence-corrected chi connectivity index (χ1v) is 6.02. The minimum atomic E-state index is -0.248. The van der Waals surface area contributed by atoms with Crippen LogP contribution in [-0.2, 0) is 0 Å². The average Bonchev–Trinajstić information content (AvgIpc) is 2.68. The van der Waals surface area contributed by atoms with Crippen molar-refractivity contribution >= 4 is 34.5 Å². The summed E-state index contributed by atoms with van der Waals surface area (Å²) in [6.07, 6.45) is 0. The van der Waals surface area contributed by atoms with Gasteiger partial charge in [-0.3, -0.25) is 10.1 Å². The molecule has 0 spiro atoms. The molecule has 0 saturated carbocycles. The van der Waals surface area contributed by atoms with Gasteiger partial charge in [-0.2, -0.15) is 0 Å². The van der Waals surface area contributed by atoms with Gasteiger partial charge >= 0.3 is 6.01 Å². The van der Waals surface area contributed by atoms with E-state index in [4.69, 9.17) is 4.42 Å². The van der Waals surface area contributed by atoms with Gasteiger partial charge in [-0.1, -0.05) is 17.2 Å². The molecule has 0 radical (unpaired) electrons. The van der Waals surface area contributed by atoms with E-state index in [0.717, 1.165) is 9.13 Å². The molecular formula is C11H10IN3O2. The quantitative estimate of drug-likeness (QED) is 0.851. The van der Waals surface area contributed by atoms with Gasteiger partial charge in [0.1, 0.15) is 0 Å². The van der Waals surface area contributed by atoms with E-state index in [1.165, 1.54) is 0 Å². The summed E-state index contributed by atoms with van der Waals surface area (Å²) in [7, 11) is 0. The maximum atomic E-state index is 12.0. The Kier molecular flexibility index (Phi) is 3.41. The summed E-state index contributed by atoms with van der Waals surface area (Å²) in [4.78, 5) is 12.0. The minimum absolute atomic E-state index is 0.116. The van der Waals surface area contributed by atoms with Gasteiger partial charge < -0.3 is 4.42 Å². The molecule has 88 valence electrons. The average molecular weight is 343 g/mol. The van der Waals surface area contributed by atoms with Crippen LogP contribution in [0.15, 0.2) is 22.6 Å². The Labute approximate surface area is 112 Å². The molecule has 0 unspecified atom stereocenters. The monoisotopic (exact) mass is 343 g/mol. The van der Waals surface area contributed by atoms with E-state index in [2.05, 4.69) is 38.1 Å². The van der Waals surface area contributed by atoms with Gasteiger partial charge in [-0.05, 0) is 41.1 Å². The number of benzene rings is 1. The molecule has 1 N–H and O–H groups in total. The number of rotatable bonds is 2. The van der Waals surface area contributed by atoms with E-state index in [1.54, 1.807) is 13.0 Å². The van der Waals surface area contributed by atoms with Crippen molar-refractivity contribution in [1.29, 1.82) is 0 Å². The zero-order valence-corrected chi connectivity index (χ0v) is 11.5. The number of nitrogens with one attached hydrogen (secondary N) is 1. The minimum Gasteiger partial charge on any atom is -0.408 e. The van der Waals surface area contributed by atoms with Crippen LogP contribution in [0.2, 0.25) is 0 Å². The Morgan fingerprint density at radius 1 is 1.35 bits per heavy atom. The van der Waals surface area contributed by atoms with Gasteiger partial charge in [-0.15, -0.1) is 5.10 Å². The van der Waals surface area contributed by atoms with Crippen LogP contribution in [0.25, 0.3) is 0 Å². The van der Waals surface area contributed by atoms with Crippen LogP contribution < -0.4 is 5.32 Å². The molecule has 0 aliphatic carbocycles. The summed E-state index contributed by atoms with van der Waals surface area (Å²) in [5, 5.41) is 9.92. The highest BCUT2D eigenvalue weighted by Crippen LogP contribution is 2.17. The van der Waals surface area contributed by atoms with E-state index in [9.17, 15) is 4.79 Å². The molecule has 0 aliphatic rings. The molecule has 0 atom stereocenters. The van der Waals surface area contributed by atoms with Gasteiger partial charge in [-0.25, -0.2) is 0 Å². The highest BCUT2D eigenvalue weighted by Gasteiger charge is 2.13. The van der Waals surface area contributed by atoms with Crippen LogP contribution in [-0.4, -0.2) is 16.1 Å². The van der Waals surface area contributed by atoms with Gasteiger partial charge in [0.15, 0.2) is 0 Å². The van der Waals surface area contributed by atoms with Crippen LogP contribution in [0.1, 0.15) is 21.8 Å². The standard InChI is InChI=1S/C11H10IN3O2/c1-6-4-3-5-8(9(6)12)10(16)13-11-15-14-7(2)17-11/h3-5H,1-2H3,(H,13,15,16). The Balaban J connectivity index is 2.23. The van der Waals surface area contributed by atoms with Crippen molar-refractivity contribution in [3.63, 3.8) is 0 Å². The SMILES string of the molecule is Cc1nnc(NC(=O)c2cccc(C)c2I)o1. The predicted molar refractivity (Wildman–Crippen MR) is 70.9 cm³/mol. The van der Waals surface area contributed by atoms with Gasteiger partial charge in [0, 0.05) is 10.5 Å². The predicted octanol–water partition coefficient (Wildman–Crippen LogP) is 2.54. The molecule has 1 heterocycles. The number of carbonyl (C=O) groups excluding carboxylic acids is 1.